The third-order valence-corrected chi connectivity index (χ3v) is 8.35. The molecule has 0 unspecified atom stereocenters. The smallest absolute Gasteiger partial charge is 0.0110 e. The van der Waals surface area contributed by atoms with Gasteiger partial charge in [-0.3, -0.25) is 0 Å². The lowest BCUT2D eigenvalue weighted by Gasteiger charge is -2.31. The Balaban J connectivity index is 2.88. The van der Waals surface area contributed by atoms with Crippen molar-refractivity contribution in [3.05, 3.63) is 0 Å². The molecular formula is C29H65N7. The molecule has 0 atom stereocenters. The fraction of sp³-hybridized carbons (Fsp3) is 1.00. The van der Waals surface area contributed by atoms with Crippen LogP contribution in [0, 0.1) is 0 Å². The zero-order chi connectivity index (χ0) is 26.6. The highest BCUT2D eigenvalue weighted by Gasteiger charge is 2.15. The second kappa shape index (κ2) is 21.6. The van der Waals surface area contributed by atoms with Crippen molar-refractivity contribution in [2.24, 2.45) is 0 Å². The monoisotopic (exact) mass is 512 g/mol. The lowest BCUT2D eigenvalue weighted by Crippen LogP contribution is -2.44. The Hall–Kier alpha value is -0.280. The minimum atomic E-state index is 1.15. The summed E-state index contributed by atoms with van der Waals surface area (Å²) in [5.41, 5.74) is 0. The molecule has 0 aliphatic carbocycles. The lowest BCUT2D eigenvalue weighted by molar-refractivity contribution is 0.156. The summed E-state index contributed by atoms with van der Waals surface area (Å²) in [5, 5.41) is 0. The summed E-state index contributed by atoms with van der Waals surface area (Å²) in [6.45, 7) is 41.1. The van der Waals surface area contributed by atoms with E-state index in [-0.39, 0.29) is 0 Å². The minimum absolute atomic E-state index is 1.15. The van der Waals surface area contributed by atoms with Gasteiger partial charge in [0.15, 0.2) is 0 Å². The molecule has 1 heterocycles. The van der Waals surface area contributed by atoms with Crippen molar-refractivity contribution in [1.82, 2.24) is 34.3 Å². The Morgan fingerprint density at radius 3 is 0.583 bits per heavy atom. The molecule has 0 radical (unpaired) electrons. The number of likely N-dealkylation sites (N-methyl/N-ethyl adjacent to an activating group) is 6. The predicted molar refractivity (Wildman–Crippen MR) is 159 cm³/mol. The quantitative estimate of drug-likeness (QED) is 0.494. The van der Waals surface area contributed by atoms with E-state index in [1.54, 1.807) is 0 Å². The molecule has 1 aliphatic rings. The van der Waals surface area contributed by atoms with Gasteiger partial charge in [-0.1, -0.05) is 48.5 Å². The van der Waals surface area contributed by atoms with Crippen molar-refractivity contribution in [2.75, 3.05) is 137 Å². The van der Waals surface area contributed by atoms with Gasteiger partial charge in [0.05, 0.1) is 0 Å². The number of hydrogen-bond acceptors (Lipinski definition) is 7. The van der Waals surface area contributed by atoms with Crippen LogP contribution in [0.2, 0.25) is 0 Å². The largest absolute Gasteiger partial charge is 0.301 e. The first-order chi connectivity index (χ1) is 17.5. The van der Waals surface area contributed by atoms with Crippen LogP contribution in [-0.2, 0) is 0 Å². The molecule has 7 heteroatoms. The van der Waals surface area contributed by atoms with E-state index in [9.17, 15) is 0 Å². The highest BCUT2D eigenvalue weighted by molar-refractivity contribution is 4.71. The highest BCUT2D eigenvalue weighted by atomic mass is 15.3. The minimum Gasteiger partial charge on any atom is -0.301 e. The van der Waals surface area contributed by atoms with Crippen LogP contribution < -0.4 is 0 Å². The van der Waals surface area contributed by atoms with E-state index < -0.39 is 0 Å². The summed E-state index contributed by atoms with van der Waals surface area (Å²) in [6.07, 6.45) is 1.24. The van der Waals surface area contributed by atoms with Gasteiger partial charge in [0, 0.05) is 91.6 Å². The Morgan fingerprint density at radius 1 is 0.278 bits per heavy atom. The number of hydrogen-bond donors (Lipinski definition) is 0. The average Bonchev–Trinajstić information content (AvgIpc) is 2.90. The van der Waals surface area contributed by atoms with Crippen molar-refractivity contribution in [3.8, 4) is 0 Å². The molecule has 0 aromatic heterocycles. The maximum atomic E-state index is 2.71. The van der Waals surface area contributed by atoms with E-state index in [0.717, 1.165) is 39.3 Å². The van der Waals surface area contributed by atoms with Crippen LogP contribution in [0.1, 0.15) is 54.9 Å². The van der Waals surface area contributed by atoms with Gasteiger partial charge < -0.3 is 34.3 Å². The van der Waals surface area contributed by atoms with Crippen LogP contribution in [-0.4, -0.2) is 172 Å². The molecule has 36 heavy (non-hydrogen) atoms. The zero-order valence-corrected chi connectivity index (χ0v) is 25.7. The molecule has 0 bridgehead atoms. The summed E-state index contributed by atoms with van der Waals surface area (Å²) in [5.74, 6) is 0. The number of rotatable bonds is 8. The van der Waals surface area contributed by atoms with Gasteiger partial charge in [-0.05, 0) is 52.2 Å². The summed E-state index contributed by atoms with van der Waals surface area (Å²) < 4.78 is 0. The standard InChI is InChI=1S/C29H65N7/c1-8-15-36-28-26-34(13-6)24-22-32(11-4)20-18-30(9-2)16-17-31(10-3)19-21-33(12-5)23-25-35(14-7)27-29-36/h8-29H2,1-7H3. The van der Waals surface area contributed by atoms with Crippen LogP contribution in [0.15, 0.2) is 0 Å². The fourth-order valence-electron chi connectivity index (χ4n) is 5.20. The second-order valence-corrected chi connectivity index (χ2v) is 10.4. The van der Waals surface area contributed by atoms with Crippen molar-refractivity contribution in [1.29, 1.82) is 0 Å². The molecule has 1 saturated heterocycles. The molecule has 0 amide bonds. The number of nitrogens with zero attached hydrogens (tertiary/aromatic N) is 7. The molecule has 1 aliphatic heterocycles. The van der Waals surface area contributed by atoms with Crippen molar-refractivity contribution in [3.63, 3.8) is 0 Å². The van der Waals surface area contributed by atoms with Gasteiger partial charge in [0.25, 0.3) is 0 Å². The van der Waals surface area contributed by atoms with E-state index in [4.69, 9.17) is 0 Å². The maximum absolute atomic E-state index is 2.71. The van der Waals surface area contributed by atoms with Gasteiger partial charge in [-0.15, -0.1) is 0 Å². The molecule has 216 valence electrons. The topological polar surface area (TPSA) is 22.7 Å². The summed E-state index contributed by atoms with van der Waals surface area (Å²) in [7, 11) is 0. The van der Waals surface area contributed by atoms with Crippen LogP contribution in [0.5, 0.6) is 0 Å². The molecule has 0 N–H and O–H groups in total. The molecule has 0 aromatic carbocycles. The van der Waals surface area contributed by atoms with Crippen LogP contribution in [0.4, 0.5) is 0 Å². The second-order valence-electron chi connectivity index (χ2n) is 10.4. The summed E-state index contributed by atoms with van der Waals surface area (Å²) in [4.78, 5) is 18.7. The van der Waals surface area contributed by atoms with E-state index in [1.807, 2.05) is 0 Å². The third kappa shape index (κ3) is 14.6. The molecule has 1 rings (SSSR count). The fourth-order valence-corrected chi connectivity index (χ4v) is 5.20. The van der Waals surface area contributed by atoms with Crippen molar-refractivity contribution >= 4 is 0 Å². The van der Waals surface area contributed by atoms with Crippen molar-refractivity contribution in [2.45, 2.75) is 54.9 Å². The first kappa shape index (κ1) is 33.7. The first-order valence-electron chi connectivity index (χ1n) is 15.6. The first-order valence-corrected chi connectivity index (χ1v) is 15.6. The van der Waals surface area contributed by atoms with Gasteiger partial charge >= 0.3 is 0 Å². The SMILES string of the molecule is CCCN1CCN(CC)CCN(CC)CCN(CC)CCN(CC)CCN(CC)CCN(CC)CC1. The van der Waals surface area contributed by atoms with E-state index in [1.165, 1.54) is 105 Å². The maximum Gasteiger partial charge on any atom is 0.0110 e. The average molecular weight is 512 g/mol. The Kier molecular flexibility index (Phi) is 20.3. The van der Waals surface area contributed by atoms with Crippen LogP contribution in [0.3, 0.4) is 0 Å². The zero-order valence-electron chi connectivity index (χ0n) is 25.7. The normalized spacial score (nSPS) is 23.1. The molecule has 0 spiro atoms. The molecule has 0 aromatic rings. The van der Waals surface area contributed by atoms with E-state index in [0.29, 0.717) is 0 Å². The Morgan fingerprint density at radius 2 is 0.444 bits per heavy atom. The van der Waals surface area contributed by atoms with Gasteiger partial charge in [-0.25, -0.2) is 0 Å². The molecular weight excluding hydrogens is 446 g/mol. The van der Waals surface area contributed by atoms with Crippen LogP contribution >= 0.6 is 0 Å². The molecule has 1 fully saturated rings. The van der Waals surface area contributed by atoms with Gasteiger partial charge in [-0.2, -0.15) is 0 Å². The molecule has 0 saturated carbocycles. The Labute approximate surface area is 226 Å². The highest BCUT2D eigenvalue weighted by Crippen LogP contribution is 2.02. The summed E-state index contributed by atoms with van der Waals surface area (Å²) >= 11 is 0. The van der Waals surface area contributed by atoms with Gasteiger partial charge in [0.1, 0.15) is 0 Å². The third-order valence-electron chi connectivity index (χ3n) is 8.35. The predicted octanol–water partition coefficient (Wildman–Crippen LogP) is 2.64. The molecule has 7 nitrogen and oxygen atoms in total. The van der Waals surface area contributed by atoms with Crippen LogP contribution in [0.25, 0.3) is 0 Å². The van der Waals surface area contributed by atoms with E-state index in [2.05, 4.69) is 82.8 Å². The Bertz CT molecular complexity index is 452. The van der Waals surface area contributed by atoms with Gasteiger partial charge in [0.2, 0.25) is 0 Å². The van der Waals surface area contributed by atoms with Crippen molar-refractivity contribution < 1.29 is 0 Å². The lowest BCUT2D eigenvalue weighted by atomic mass is 10.3. The van der Waals surface area contributed by atoms with E-state index >= 15 is 0 Å². The summed E-state index contributed by atoms with van der Waals surface area (Å²) in [6, 6.07) is 0.